The summed E-state index contributed by atoms with van der Waals surface area (Å²) in [6.07, 6.45) is -2.89. The molecule has 0 N–H and O–H groups in total. The van der Waals surface area contributed by atoms with Crippen LogP contribution < -0.4 is 5.56 Å². The Bertz CT molecular complexity index is 978. The molecule has 1 aliphatic carbocycles. The van der Waals surface area contributed by atoms with Gasteiger partial charge in [-0.3, -0.25) is 9.59 Å². The molecule has 29 heavy (non-hydrogen) atoms. The van der Waals surface area contributed by atoms with Crippen LogP contribution in [0.4, 0.5) is 13.2 Å². The number of carbonyl (C=O) groups excluding carboxylic acids is 1. The van der Waals surface area contributed by atoms with E-state index in [4.69, 9.17) is 0 Å². The molecule has 9 nitrogen and oxygen atoms in total. The topological polar surface area (TPSA) is 98.8 Å². The van der Waals surface area contributed by atoms with Crippen LogP contribution in [0.1, 0.15) is 31.0 Å². The van der Waals surface area contributed by atoms with Crippen molar-refractivity contribution in [2.45, 2.75) is 52.4 Å². The lowest BCUT2D eigenvalue weighted by Crippen LogP contribution is -2.47. The van der Waals surface area contributed by atoms with Crippen molar-refractivity contribution >= 4 is 5.91 Å². The zero-order chi connectivity index (χ0) is 21.5. The molecule has 0 radical (unpaired) electrons. The molecule has 12 heteroatoms. The van der Waals surface area contributed by atoms with Crippen LogP contribution in [0.3, 0.4) is 0 Å². The van der Waals surface area contributed by atoms with E-state index in [1.54, 1.807) is 20.8 Å². The summed E-state index contributed by atoms with van der Waals surface area (Å²) >= 11 is 0. The van der Waals surface area contributed by atoms with Gasteiger partial charge in [0.05, 0.1) is 11.3 Å². The van der Waals surface area contributed by atoms with E-state index in [-0.39, 0.29) is 17.3 Å². The number of nitrogens with zero attached hydrogens (tertiary/aromatic N) is 7. The second-order valence-corrected chi connectivity index (χ2v) is 7.37. The highest BCUT2D eigenvalue weighted by Gasteiger charge is 2.40. The second kappa shape index (κ2) is 7.56. The summed E-state index contributed by atoms with van der Waals surface area (Å²) in [5.74, 6) is -0.675. The van der Waals surface area contributed by atoms with Crippen molar-refractivity contribution in [3.05, 3.63) is 21.6 Å². The number of alkyl halides is 3. The minimum atomic E-state index is -4.50. The van der Waals surface area contributed by atoms with E-state index < -0.39 is 36.8 Å². The van der Waals surface area contributed by atoms with Gasteiger partial charge in [0.2, 0.25) is 11.7 Å². The van der Waals surface area contributed by atoms with Gasteiger partial charge in [0.25, 0.3) is 5.56 Å². The maximum Gasteiger partial charge on any atom is 0.406 e. The lowest BCUT2D eigenvalue weighted by Gasteiger charge is -2.30. The first kappa shape index (κ1) is 20.9. The second-order valence-electron chi connectivity index (χ2n) is 7.37. The van der Waals surface area contributed by atoms with Crippen molar-refractivity contribution < 1.29 is 18.0 Å². The van der Waals surface area contributed by atoms with E-state index >= 15 is 0 Å². The first-order valence-electron chi connectivity index (χ1n) is 9.17. The van der Waals surface area contributed by atoms with E-state index in [2.05, 4.69) is 20.5 Å². The Morgan fingerprint density at radius 3 is 2.52 bits per heavy atom. The van der Waals surface area contributed by atoms with Crippen LogP contribution in [-0.4, -0.2) is 59.6 Å². The summed E-state index contributed by atoms with van der Waals surface area (Å²) in [4.78, 5) is 26.7. The Morgan fingerprint density at radius 2 is 1.93 bits per heavy atom. The fourth-order valence-corrected chi connectivity index (χ4v) is 3.22. The molecule has 0 unspecified atom stereocenters. The van der Waals surface area contributed by atoms with Crippen molar-refractivity contribution in [3.63, 3.8) is 0 Å². The van der Waals surface area contributed by atoms with Gasteiger partial charge in [-0.2, -0.15) is 23.1 Å². The van der Waals surface area contributed by atoms with Gasteiger partial charge in [-0.05, 0) is 50.3 Å². The fourth-order valence-electron chi connectivity index (χ4n) is 3.22. The Morgan fingerprint density at radius 1 is 1.28 bits per heavy atom. The maximum absolute atomic E-state index is 13.0. The molecule has 0 spiro atoms. The average Bonchev–Trinajstić information content (AvgIpc) is 3.38. The molecule has 0 aliphatic heterocycles. The number of carbonyl (C=O) groups is 1. The van der Waals surface area contributed by atoms with E-state index in [1.807, 2.05) is 0 Å². The molecule has 0 bridgehead atoms. The molecule has 2 heterocycles. The van der Waals surface area contributed by atoms with E-state index in [9.17, 15) is 22.8 Å². The third-order valence-electron chi connectivity index (χ3n) is 5.14. The molecule has 0 saturated heterocycles. The van der Waals surface area contributed by atoms with Crippen LogP contribution in [0.2, 0.25) is 0 Å². The van der Waals surface area contributed by atoms with Crippen LogP contribution >= 0.6 is 0 Å². The molecule has 1 fully saturated rings. The lowest BCUT2D eigenvalue weighted by atomic mass is 10.1. The number of tetrazole rings is 1. The number of hydrogen-bond donors (Lipinski definition) is 0. The van der Waals surface area contributed by atoms with Gasteiger partial charge in [-0.25, -0.2) is 4.68 Å². The molecule has 1 amide bonds. The number of halogens is 3. The highest BCUT2D eigenvalue weighted by molar-refractivity contribution is 5.76. The van der Waals surface area contributed by atoms with Crippen LogP contribution in [0, 0.1) is 19.8 Å². The standard InChI is InChI=1S/C17H22F3N7O2/c1-9-10(2)22-25(4)16(29)14(9)15-21-24-27(23-15)7-13(28)26(8-17(18,19)20)11(3)12-5-6-12/h11-12H,5-8H2,1-4H3/t11-/m0/s1. The zero-order valence-electron chi connectivity index (χ0n) is 16.6. The highest BCUT2D eigenvalue weighted by atomic mass is 19.4. The Labute approximate surface area is 164 Å². The number of aryl methyl sites for hydroxylation is 2. The molecule has 158 valence electrons. The van der Waals surface area contributed by atoms with E-state index in [1.165, 1.54) is 7.05 Å². The van der Waals surface area contributed by atoms with E-state index in [0.29, 0.717) is 11.3 Å². The van der Waals surface area contributed by atoms with Gasteiger partial charge < -0.3 is 4.90 Å². The third-order valence-corrected chi connectivity index (χ3v) is 5.14. The largest absolute Gasteiger partial charge is 0.406 e. The SMILES string of the molecule is Cc1nn(C)c(=O)c(-c2nnn(CC(=O)N(CC(F)(F)F)[C@@H](C)C3CC3)n2)c1C. The number of hydrogen-bond acceptors (Lipinski definition) is 6. The molecule has 2 aromatic heterocycles. The normalized spacial score (nSPS) is 15.4. The number of amides is 1. The van der Waals surface area contributed by atoms with Gasteiger partial charge in [-0.1, -0.05) is 0 Å². The number of rotatable bonds is 6. The highest BCUT2D eigenvalue weighted by Crippen LogP contribution is 2.36. The van der Waals surface area contributed by atoms with Crippen molar-refractivity contribution in [2.75, 3.05) is 6.54 Å². The molecular formula is C17H22F3N7O2. The summed E-state index contributed by atoms with van der Waals surface area (Å²) in [5, 5.41) is 15.7. The molecule has 3 rings (SSSR count). The molecule has 1 aliphatic rings. The molecule has 1 saturated carbocycles. The Hall–Kier alpha value is -2.79. The van der Waals surface area contributed by atoms with Crippen molar-refractivity contribution in [1.29, 1.82) is 0 Å². The minimum absolute atomic E-state index is 0.000914. The van der Waals surface area contributed by atoms with Crippen LogP contribution in [0.25, 0.3) is 11.4 Å². The van der Waals surface area contributed by atoms with Gasteiger partial charge in [-0.15, -0.1) is 10.2 Å². The first-order valence-corrected chi connectivity index (χ1v) is 9.17. The summed E-state index contributed by atoms with van der Waals surface area (Å²) in [6, 6.07) is -0.524. The smallest absolute Gasteiger partial charge is 0.329 e. The summed E-state index contributed by atoms with van der Waals surface area (Å²) < 4.78 is 40.0. The van der Waals surface area contributed by atoms with Gasteiger partial charge >= 0.3 is 6.18 Å². The fraction of sp³-hybridized carbons (Fsp3) is 0.647. The molecular weight excluding hydrogens is 391 g/mol. The first-order chi connectivity index (χ1) is 13.5. The molecule has 2 aromatic rings. The summed E-state index contributed by atoms with van der Waals surface area (Å²) in [6.45, 7) is 3.21. The van der Waals surface area contributed by atoms with E-state index in [0.717, 1.165) is 27.2 Å². The van der Waals surface area contributed by atoms with Crippen LogP contribution in [0.15, 0.2) is 4.79 Å². The third kappa shape index (κ3) is 4.62. The predicted octanol–water partition coefficient (Wildman–Crippen LogP) is 1.24. The predicted molar refractivity (Wildman–Crippen MR) is 95.7 cm³/mol. The van der Waals surface area contributed by atoms with Crippen molar-refractivity contribution in [2.24, 2.45) is 13.0 Å². The average molecular weight is 413 g/mol. The zero-order valence-corrected chi connectivity index (χ0v) is 16.6. The quantitative estimate of drug-likeness (QED) is 0.707. The summed E-state index contributed by atoms with van der Waals surface area (Å²) in [5.41, 5.74) is 0.932. The maximum atomic E-state index is 13.0. The molecule has 0 aromatic carbocycles. The Kier molecular flexibility index (Phi) is 5.46. The lowest BCUT2D eigenvalue weighted by molar-refractivity contribution is -0.166. The monoisotopic (exact) mass is 413 g/mol. The molecule has 1 atom stereocenters. The van der Waals surface area contributed by atoms with Crippen LogP contribution in [0.5, 0.6) is 0 Å². The van der Waals surface area contributed by atoms with Gasteiger partial charge in [0.1, 0.15) is 13.1 Å². The van der Waals surface area contributed by atoms with Gasteiger partial charge in [0.15, 0.2) is 0 Å². The van der Waals surface area contributed by atoms with Crippen LogP contribution in [-0.2, 0) is 18.4 Å². The Balaban J connectivity index is 1.84. The van der Waals surface area contributed by atoms with Gasteiger partial charge in [0, 0.05) is 13.1 Å². The summed E-state index contributed by atoms with van der Waals surface area (Å²) in [7, 11) is 1.49. The number of aromatic nitrogens is 6. The minimum Gasteiger partial charge on any atom is -0.329 e. The van der Waals surface area contributed by atoms with Crippen molar-refractivity contribution in [1.82, 2.24) is 34.9 Å². The van der Waals surface area contributed by atoms with Crippen molar-refractivity contribution in [3.8, 4) is 11.4 Å².